The third-order valence-corrected chi connectivity index (χ3v) is 10.5. The van der Waals surface area contributed by atoms with Gasteiger partial charge in [0.25, 0.3) is 0 Å². The van der Waals surface area contributed by atoms with Crippen molar-refractivity contribution in [2.24, 2.45) is 0 Å². The van der Waals surface area contributed by atoms with E-state index in [9.17, 15) is 0 Å². The van der Waals surface area contributed by atoms with Gasteiger partial charge in [-0.2, -0.15) is 0 Å². The summed E-state index contributed by atoms with van der Waals surface area (Å²) in [5, 5.41) is 13.3. The molecule has 188 valence electrons. The highest BCUT2D eigenvalue weighted by molar-refractivity contribution is 7.26. The van der Waals surface area contributed by atoms with Gasteiger partial charge >= 0.3 is 0 Å². The average molecular weight is 537 g/mol. The first-order chi connectivity index (χ1) is 20.3. The Morgan fingerprint density at radius 1 is 0.415 bits per heavy atom. The van der Waals surface area contributed by atoms with E-state index in [1.54, 1.807) is 0 Å². The SMILES string of the molecule is c1cc2ccc3c4c(cc5c6ccccc6n(-c6ccc7c(c6)c6cccc8c9ccccc9n7c86)c53)sc(c1)c24. The molecule has 0 bridgehead atoms. The highest BCUT2D eigenvalue weighted by Gasteiger charge is 2.21. The van der Waals surface area contributed by atoms with Crippen LogP contribution in [-0.2, 0) is 0 Å². The van der Waals surface area contributed by atoms with Crippen LogP contribution in [0.25, 0.3) is 96.5 Å². The zero-order chi connectivity index (χ0) is 26.4. The molecule has 0 amide bonds. The van der Waals surface area contributed by atoms with E-state index < -0.39 is 0 Å². The second-order valence-corrected chi connectivity index (χ2v) is 12.4. The Morgan fingerprint density at radius 2 is 1.15 bits per heavy atom. The van der Waals surface area contributed by atoms with Gasteiger partial charge in [0.1, 0.15) is 0 Å². The minimum absolute atomic E-state index is 1.20. The summed E-state index contributed by atoms with van der Waals surface area (Å²) in [5.74, 6) is 0. The largest absolute Gasteiger partial charge is 0.309 e. The van der Waals surface area contributed by atoms with Gasteiger partial charge < -0.3 is 8.97 Å². The van der Waals surface area contributed by atoms with Gasteiger partial charge in [-0.25, -0.2) is 0 Å². The van der Waals surface area contributed by atoms with Gasteiger partial charge in [0, 0.05) is 63.6 Å². The summed E-state index contributed by atoms with van der Waals surface area (Å²) >= 11 is 1.91. The van der Waals surface area contributed by atoms with E-state index in [1.165, 1.54) is 96.5 Å². The predicted octanol–water partition coefficient (Wildman–Crippen LogP) is 10.9. The molecule has 4 heterocycles. The number of thiophene rings is 1. The van der Waals surface area contributed by atoms with E-state index in [-0.39, 0.29) is 0 Å². The predicted molar refractivity (Wildman–Crippen MR) is 177 cm³/mol. The summed E-state index contributed by atoms with van der Waals surface area (Å²) in [4.78, 5) is 0. The van der Waals surface area contributed by atoms with Gasteiger partial charge in [-0.15, -0.1) is 11.3 Å². The lowest BCUT2D eigenvalue weighted by atomic mass is 9.99. The number of para-hydroxylation sites is 3. The van der Waals surface area contributed by atoms with Crippen LogP contribution >= 0.6 is 11.3 Å². The fourth-order valence-corrected chi connectivity index (χ4v) is 8.99. The van der Waals surface area contributed by atoms with Crippen LogP contribution in [0, 0.1) is 0 Å². The van der Waals surface area contributed by atoms with Gasteiger partial charge in [0.05, 0.1) is 27.6 Å². The van der Waals surface area contributed by atoms with Crippen molar-refractivity contribution in [1.29, 1.82) is 0 Å². The number of fused-ring (bicyclic) bond motifs is 10. The van der Waals surface area contributed by atoms with Crippen LogP contribution in [0.4, 0.5) is 0 Å². The van der Waals surface area contributed by atoms with E-state index in [2.05, 4.69) is 130 Å². The number of hydrogen-bond donors (Lipinski definition) is 0. The van der Waals surface area contributed by atoms with Crippen molar-refractivity contribution in [3.63, 3.8) is 0 Å². The molecule has 41 heavy (non-hydrogen) atoms. The molecule has 7 aromatic carbocycles. The van der Waals surface area contributed by atoms with Gasteiger partial charge in [-0.3, -0.25) is 0 Å². The average Bonchev–Trinajstić information content (AvgIpc) is 3.75. The van der Waals surface area contributed by atoms with Gasteiger partial charge in [-0.05, 0) is 47.9 Å². The number of aromatic nitrogens is 2. The van der Waals surface area contributed by atoms with E-state index in [0.29, 0.717) is 0 Å². The minimum Gasteiger partial charge on any atom is -0.309 e. The molecule has 11 rings (SSSR count). The van der Waals surface area contributed by atoms with Crippen LogP contribution in [0.15, 0.2) is 121 Å². The van der Waals surface area contributed by atoms with Gasteiger partial charge in [0.15, 0.2) is 0 Å². The molecule has 2 nitrogen and oxygen atoms in total. The quantitative estimate of drug-likeness (QED) is 0.185. The Bertz CT molecular complexity index is 2860. The fourth-order valence-electron chi connectivity index (χ4n) is 7.79. The van der Waals surface area contributed by atoms with Crippen molar-refractivity contribution in [3.05, 3.63) is 121 Å². The number of nitrogens with zero attached hydrogens (tertiary/aromatic N) is 2. The summed E-state index contributed by atoms with van der Waals surface area (Å²) in [6.45, 7) is 0. The Balaban J connectivity index is 1.33. The summed E-state index contributed by atoms with van der Waals surface area (Å²) in [6, 6.07) is 45.3. The third kappa shape index (κ3) is 2.34. The maximum Gasteiger partial charge on any atom is 0.0620 e. The minimum atomic E-state index is 1.20. The van der Waals surface area contributed by atoms with Crippen molar-refractivity contribution in [1.82, 2.24) is 8.97 Å². The first kappa shape index (κ1) is 20.7. The van der Waals surface area contributed by atoms with Crippen LogP contribution in [0.1, 0.15) is 0 Å². The molecular weight excluding hydrogens is 516 g/mol. The summed E-state index contributed by atoms with van der Waals surface area (Å²) < 4.78 is 7.70. The highest BCUT2D eigenvalue weighted by atomic mass is 32.1. The topological polar surface area (TPSA) is 9.34 Å². The first-order valence-electron chi connectivity index (χ1n) is 14.1. The first-order valence-corrected chi connectivity index (χ1v) is 14.9. The molecule has 0 atom stereocenters. The number of hydrogen-bond acceptors (Lipinski definition) is 1. The fraction of sp³-hybridized carbons (Fsp3) is 0. The standard InChI is InChI=1S/C38H20N2S/c1-4-13-31-23(8-1)25-10-6-11-26-28-19-22(16-18-32(28)40(31)37(25)26)39-30-12-3-2-9-24(30)29-20-34-36-27(38(29)39)17-15-21-7-5-14-33(41-34)35(21)36/h1-20H. The lowest BCUT2D eigenvalue weighted by Gasteiger charge is -2.11. The molecular formula is C38H20N2S. The molecule has 0 radical (unpaired) electrons. The van der Waals surface area contributed by atoms with E-state index in [4.69, 9.17) is 0 Å². The second kappa shape index (κ2) is 6.95. The van der Waals surface area contributed by atoms with Crippen LogP contribution in [0.3, 0.4) is 0 Å². The Labute approximate surface area is 237 Å². The Hall–Kier alpha value is -5.12. The second-order valence-electron chi connectivity index (χ2n) is 11.3. The lowest BCUT2D eigenvalue weighted by molar-refractivity contribution is 1.19. The summed E-state index contributed by atoms with van der Waals surface area (Å²) in [5.41, 5.74) is 7.61. The van der Waals surface area contributed by atoms with Crippen molar-refractivity contribution in [2.75, 3.05) is 0 Å². The Kier molecular flexibility index (Phi) is 3.52. The molecule has 0 fully saturated rings. The molecule has 11 aromatic rings. The molecule has 4 aromatic heterocycles. The van der Waals surface area contributed by atoms with E-state index in [0.717, 1.165) is 0 Å². The molecule has 0 aliphatic heterocycles. The van der Waals surface area contributed by atoms with Gasteiger partial charge in [-0.1, -0.05) is 78.9 Å². The van der Waals surface area contributed by atoms with Crippen LogP contribution in [-0.4, -0.2) is 8.97 Å². The molecule has 0 spiro atoms. The number of rotatable bonds is 1. The Morgan fingerprint density at radius 3 is 2.05 bits per heavy atom. The van der Waals surface area contributed by atoms with Crippen LogP contribution in [0.5, 0.6) is 0 Å². The smallest absolute Gasteiger partial charge is 0.0620 e. The number of benzene rings is 7. The maximum absolute atomic E-state index is 2.51. The zero-order valence-corrected chi connectivity index (χ0v) is 22.7. The summed E-state index contributed by atoms with van der Waals surface area (Å²) in [6.07, 6.45) is 0. The molecule has 0 unspecified atom stereocenters. The zero-order valence-electron chi connectivity index (χ0n) is 21.8. The highest BCUT2D eigenvalue weighted by Crippen LogP contribution is 2.47. The van der Waals surface area contributed by atoms with Crippen LogP contribution < -0.4 is 0 Å². The van der Waals surface area contributed by atoms with Crippen molar-refractivity contribution < 1.29 is 0 Å². The molecule has 0 saturated heterocycles. The third-order valence-electron chi connectivity index (χ3n) is 9.38. The van der Waals surface area contributed by atoms with E-state index in [1.807, 2.05) is 11.3 Å². The molecule has 3 heteroatoms. The van der Waals surface area contributed by atoms with Crippen molar-refractivity contribution in [2.45, 2.75) is 0 Å². The molecule has 0 saturated carbocycles. The van der Waals surface area contributed by atoms with Gasteiger partial charge in [0.2, 0.25) is 0 Å². The molecule has 0 aliphatic carbocycles. The monoisotopic (exact) mass is 536 g/mol. The normalized spacial score (nSPS) is 12.9. The van der Waals surface area contributed by atoms with E-state index >= 15 is 0 Å². The van der Waals surface area contributed by atoms with Crippen molar-refractivity contribution in [3.8, 4) is 5.69 Å². The van der Waals surface area contributed by atoms with Crippen LogP contribution in [0.2, 0.25) is 0 Å². The molecule has 0 N–H and O–H groups in total. The van der Waals surface area contributed by atoms with Crippen molar-refractivity contribution >= 4 is 102 Å². The molecule has 0 aliphatic rings. The maximum atomic E-state index is 2.51. The summed E-state index contributed by atoms with van der Waals surface area (Å²) in [7, 11) is 0. The lowest BCUT2D eigenvalue weighted by Crippen LogP contribution is -1.94.